The predicted octanol–water partition coefficient (Wildman–Crippen LogP) is 2.51. The molecular weight excluding hydrogens is 326 g/mol. The summed E-state index contributed by atoms with van der Waals surface area (Å²) in [5.41, 5.74) is 1.35. The molecule has 24 heavy (non-hydrogen) atoms. The summed E-state index contributed by atoms with van der Waals surface area (Å²) in [6, 6.07) is 15.5. The van der Waals surface area contributed by atoms with E-state index in [1.807, 2.05) is 6.07 Å². The fourth-order valence-electron chi connectivity index (χ4n) is 2.18. The molecule has 122 valence electrons. The van der Waals surface area contributed by atoms with Gasteiger partial charge in [0.1, 0.15) is 5.69 Å². The minimum absolute atomic E-state index is 0.115. The van der Waals surface area contributed by atoms with Crippen molar-refractivity contribution in [3.05, 3.63) is 84.4 Å². The van der Waals surface area contributed by atoms with Crippen molar-refractivity contribution in [1.29, 1.82) is 0 Å². The number of benzene rings is 1. The number of amides is 1. The van der Waals surface area contributed by atoms with E-state index < -0.39 is 15.9 Å². The van der Waals surface area contributed by atoms with Crippen LogP contribution in [0.1, 0.15) is 16.1 Å². The highest BCUT2D eigenvalue weighted by Gasteiger charge is 2.15. The summed E-state index contributed by atoms with van der Waals surface area (Å²) in [5.74, 6) is -0.510. The van der Waals surface area contributed by atoms with Crippen molar-refractivity contribution in [3.63, 3.8) is 0 Å². The van der Waals surface area contributed by atoms with E-state index in [-0.39, 0.29) is 11.4 Å². The van der Waals surface area contributed by atoms with Gasteiger partial charge in [0, 0.05) is 18.6 Å². The van der Waals surface area contributed by atoms with Crippen LogP contribution in [0.2, 0.25) is 0 Å². The molecule has 3 aromatic rings. The Labute approximate surface area is 139 Å². The first-order valence-electron chi connectivity index (χ1n) is 7.22. The van der Waals surface area contributed by atoms with Crippen LogP contribution in [-0.4, -0.2) is 23.3 Å². The second-order valence-corrected chi connectivity index (χ2v) is 7.02. The first kappa shape index (κ1) is 15.9. The number of pyridine rings is 1. The van der Waals surface area contributed by atoms with E-state index in [1.165, 1.54) is 24.7 Å². The number of nitrogens with zero attached hydrogens (tertiary/aromatic N) is 2. The molecule has 0 fully saturated rings. The highest BCUT2D eigenvalue weighted by atomic mass is 32.2. The number of carbonyl (C=O) groups excluding carboxylic acids is 1. The van der Waals surface area contributed by atoms with Crippen LogP contribution in [0.25, 0.3) is 0 Å². The van der Waals surface area contributed by atoms with Gasteiger partial charge in [-0.2, -0.15) is 0 Å². The Morgan fingerprint density at radius 2 is 1.79 bits per heavy atom. The molecule has 0 saturated heterocycles. The molecule has 7 heteroatoms. The lowest BCUT2D eigenvalue weighted by Gasteiger charge is -2.06. The SMILES string of the molecule is O=C(Nc1ccn(S(=O)(=O)Cc2ccccc2)c1)c1ccccn1. The smallest absolute Gasteiger partial charge is 0.274 e. The summed E-state index contributed by atoms with van der Waals surface area (Å²) in [6.45, 7) is 0. The van der Waals surface area contributed by atoms with Gasteiger partial charge in [0.15, 0.2) is 0 Å². The molecule has 2 aromatic heterocycles. The number of aromatic nitrogens is 2. The number of anilines is 1. The normalized spacial score (nSPS) is 11.2. The van der Waals surface area contributed by atoms with Crippen molar-refractivity contribution in [1.82, 2.24) is 8.96 Å². The van der Waals surface area contributed by atoms with Crippen LogP contribution in [0.4, 0.5) is 5.69 Å². The average molecular weight is 341 g/mol. The Bertz CT molecular complexity index is 935. The molecule has 0 unspecified atom stereocenters. The monoisotopic (exact) mass is 341 g/mol. The number of nitrogens with one attached hydrogen (secondary N) is 1. The molecule has 0 saturated carbocycles. The molecule has 3 rings (SSSR count). The molecule has 1 amide bonds. The van der Waals surface area contributed by atoms with Crippen LogP contribution in [-0.2, 0) is 15.8 Å². The lowest BCUT2D eigenvalue weighted by molar-refractivity contribution is 0.102. The van der Waals surface area contributed by atoms with Gasteiger partial charge in [-0.25, -0.2) is 8.42 Å². The van der Waals surface area contributed by atoms with E-state index >= 15 is 0 Å². The molecular formula is C17H15N3O3S. The van der Waals surface area contributed by atoms with Crippen LogP contribution in [0.15, 0.2) is 73.2 Å². The molecule has 0 aliphatic heterocycles. The second kappa shape index (κ2) is 6.67. The first-order valence-corrected chi connectivity index (χ1v) is 8.83. The average Bonchev–Trinajstić information content (AvgIpc) is 3.06. The standard InChI is InChI=1S/C17H15N3O3S/c21-17(16-8-4-5-10-18-16)19-15-9-11-20(12-15)24(22,23)13-14-6-2-1-3-7-14/h1-12H,13H2,(H,19,21). The molecule has 0 aliphatic carbocycles. The van der Waals surface area contributed by atoms with Gasteiger partial charge in [-0.1, -0.05) is 36.4 Å². The summed E-state index contributed by atoms with van der Waals surface area (Å²) in [5, 5.41) is 2.63. The Hall–Kier alpha value is -2.93. The third kappa shape index (κ3) is 3.69. The highest BCUT2D eigenvalue weighted by Crippen LogP contribution is 2.15. The minimum Gasteiger partial charge on any atom is -0.319 e. The molecule has 6 nitrogen and oxygen atoms in total. The zero-order chi connectivity index (χ0) is 17.0. The zero-order valence-corrected chi connectivity index (χ0v) is 13.5. The van der Waals surface area contributed by atoms with Crippen LogP contribution < -0.4 is 5.32 Å². The van der Waals surface area contributed by atoms with Gasteiger partial charge in [0.2, 0.25) is 10.0 Å². The summed E-state index contributed by atoms with van der Waals surface area (Å²) in [6.07, 6.45) is 4.30. The van der Waals surface area contributed by atoms with Gasteiger partial charge in [-0.15, -0.1) is 0 Å². The quantitative estimate of drug-likeness (QED) is 0.773. The lowest BCUT2D eigenvalue weighted by Crippen LogP contribution is -2.14. The van der Waals surface area contributed by atoms with Gasteiger partial charge >= 0.3 is 0 Å². The van der Waals surface area contributed by atoms with Crippen molar-refractivity contribution in [2.45, 2.75) is 5.75 Å². The van der Waals surface area contributed by atoms with E-state index in [2.05, 4.69) is 10.3 Å². The zero-order valence-electron chi connectivity index (χ0n) is 12.7. The van der Waals surface area contributed by atoms with Gasteiger partial charge < -0.3 is 5.32 Å². The van der Waals surface area contributed by atoms with Crippen molar-refractivity contribution in [3.8, 4) is 0 Å². The summed E-state index contributed by atoms with van der Waals surface area (Å²) in [4.78, 5) is 16.0. The van der Waals surface area contributed by atoms with Gasteiger partial charge in [0.05, 0.1) is 11.4 Å². The molecule has 1 aromatic carbocycles. The first-order chi connectivity index (χ1) is 11.5. The predicted molar refractivity (Wildman–Crippen MR) is 91.1 cm³/mol. The molecule has 0 atom stereocenters. The fraction of sp³-hybridized carbons (Fsp3) is 0.0588. The van der Waals surface area contributed by atoms with E-state index in [1.54, 1.807) is 42.5 Å². The van der Waals surface area contributed by atoms with E-state index in [0.717, 1.165) is 3.97 Å². The van der Waals surface area contributed by atoms with Crippen LogP contribution in [0.5, 0.6) is 0 Å². The van der Waals surface area contributed by atoms with Crippen molar-refractivity contribution >= 4 is 21.6 Å². The Morgan fingerprint density at radius 3 is 2.50 bits per heavy atom. The topological polar surface area (TPSA) is 81.1 Å². The molecule has 0 aliphatic rings. The van der Waals surface area contributed by atoms with Crippen molar-refractivity contribution in [2.24, 2.45) is 0 Å². The molecule has 0 radical (unpaired) electrons. The van der Waals surface area contributed by atoms with Crippen molar-refractivity contribution in [2.75, 3.05) is 5.32 Å². The molecule has 0 bridgehead atoms. The lowest BCUT2D eigenvalue weighted by atomic mass is 10.2. The van der Waals surface area contributed by atoms with Gasteiger partial charge in [-0.3, -0.25) is 13.8 Å². The summed E-state index contributed by atoms with van der Waals surface area (Å²) in [7, 11) is -3.54. The van der Waals surface area contributed by atoms with Gasteiger partial charge in [0.25, 0.3) is 5.91 Å². The van der Waals surface area contributed by atoms with Gasteiger partial charge in [-0.05, 0) is 23.8 Å². The maximum absolute atomic E-state index is 12.4. The number of hydrogen-bond donors (Lipinski definition) is 1. The Kier molecular flexibility index (Phi) is 4.43. The Morgan fingerprint density at radius 1 is 1.04 bits per heavy atom. The third-order valence-corrected chi connectivity index (χ3v) is 4.90. The molecule has 2 heterocycles. The van der Waals surface area contributed by atoms with Crippen molar-refractivity contribution < 1.29 is 13.2 Å². The van der Waals surface area contributed by atoms with E-state index in [0.29, 0.717) is 11.3 Å². The second-order valence-electron chi connectivity index (χ2n) is 5.14. The summed E-state index contributed by atoms with van der Waals surface area (Å²) >= 11 is 0. The molecule has 0 spiro atoms. The van der Waals surface area contributed by atoms with E-state index in [4.69, 9.17) is 0 Å². The Balaban J connectivity index is 1.74. The van der Waals surface area contributed by atoms with Crippen LogP contribution in [0.3, 0.4) is 0 Å². The van der Waals surface area contributed by atoms with E-state index in [9.17, 15) is 13.2 Å². The number of carbonyl (C=O) groups is 1. The molecule has 1 N–H and O–H groups in total. The summed E-state index contributed by atoms with van der Waals surface area (Å²) < 4.78 is 25.9. The third-order valence-electron chi connectivity index (χ3n) is 3.34. The maximum atomic E-state index is 12.4. The fourth-order valence-corrected chi connectivity index (χ4v) is 3.46. The highest BCUT2D eigenvalue weighted by molar-refractivity contribution is 7.89. The maximum Gasteiger partial charge on any atom is 0.274 e. The van der Waals surface area contributed by atoms with Crippen LogP contribution in [0, 0.1) is 0 Å². The largest absolute Gasteiger partial charge is 0.319 e. The van der Waals surface area contributed by atoms with Crippen LogP contribution >= 0.6 is 0 Å². The minimum atomic E-state index is -3.54. The number of rotatable bonds is 5. The number of hydrogen-bond acceptors (Lipinski definition) is 4.